The smallest absolute Gasteiger partial charge is 0.0409 e. The lowest BCUT2D eigenvalue weighted by Gasteiger charge is -2.38. The van der Waals surface area contributed by atoms with Gasteiger partial charge in [0.2, 0.25) is 0 Å². The van der Waals surface area contributed by atoms with Gasteiger partial charge in [-0.3, -0.25) is 0 Å². The molecule has 110 valence electrons. The van der Waals surface area contributed by atoms with Gasteiger partial charge in [0, 0.05) is 17.1 Å². The molecule has 1 aliphatic carbocycles. The van der Waals surface area contributed by atoms with Gasteiger partial charge in [-0.15, -0.1) is 0 Å². The van der Waals surface area contributed by atoms with Crippen molar-refractivity contribution in [2.24, 2.45) is 0 Å². The Hall–Kier alpha value is -1.31. The van der Waals surface area contributed by atoms with E-state index in [9.17, 15) is 0 Å². The molecule has 0 radical (unpaired) electrons. The molecule has 0 spiro atoms. The summed E-state index contributed by atoms with van der Waals surface area (Å²) in [6.07, 6.45) is 2.46. The third kappa shape index (κ3) is 3.48. The number of rotatable bonds is 4. The number of halogens is 1. The number of nitrogens with one attached hydrogen (secondary N) is 1. The van der Waals surface area contributed by atoms with Crippen molar-refractivity contribution >= 4 is 11.6 Å². The monoisotopic (exact) mass is 299 g/mol. The Morgan fingerprint density at radius 1 is 1.10 bits per heavy atom. The van der Waals surface area contributed by atoms with Crippen molar-refractivity contribution in [1.29, 1.82) is 0 Å². The van der Waals surface area contributed by atoms with E-state index in [0.717, 1.165) is 5.02 Å². The molecule has 2 aromatic carbocycles. The highest BCUT2D eigenvalue weighted by Gasteiger charge is 2.31. The number of aryl methyl sites for hydroxylation is 1. The third-order valence-corrected chi connectivity index (χ3v) is 4.72. The first-order chi connectivity index (χ1) is 10.1. The highest BCUT2D eigenvalue weighted by Crippen LogP contribution is 2.38. The van der Waals surface area contributed by atoms with Gasteiger partial charge in [-0.2, -0.15) is 0 Å². The third-order valence-electron chi connectivity index (χ3n) is 4.49. The number of hydrogen-bond donors (Lipinski definition) is 1. The lowest BCUT2D eigenvalue weighted by molar-refractivity contribution is 0.271. The molecule has 1 atom stereocenters. The molecule has 21 heavy (non-hydrogen) atoms. The van der Waals surface area contributed by atoms with E-state index < -0.39 is 0 Å². The Kier molecular flexibility index (Phi) is 4.32. The zero-order chi connectivity index (χ0) is 14.8. The Bertz CT molecular complexity index is 616. The van der Waals surface area contributed by atoms with Crippen LogP contribution >= 0.6 is 11.6 Å². The summed E-state index contributed by atoms with van der Waals surface area (Å²) in [5, 5.41) is 4.53. The second-order valence-electron chi connectivity index (χ2n) is 6.22. The zero-order valence-corrected chi connectivity index (χ0v) is 13.4. The Balaban J connectivity index is 1.55. The fraction of sp³-hybridized carbons (Fsp3) is 0.368. The van der Waals surface area contributed by atoms with E-state index in [4.69, 9.17) is 11.6 Å². The summed E-state index contributed by atoms with van der Waals surface area (Å²) in [5.41, 5.74) is 4.11. The summed E-state index contributed by atoms with van der Waals surface area (Å²) >= 11 is 6.06. The molecule has 1 unspecified atom stereocenters. The summed E-state index contributed by atoms with van der Waals surface area (Å²) in [4.78, 5) is 0. The Morgan fingerprint density at radius 2 is 1.86 bits per heavy atom. The van der Waals surface area contributed by atoms with E-state index in [1.54, 1.807) is 0 Å². The van der Waals surface area contributed by atoms with E-state index in [1.165, 1.54) is 29.5 Å². The molecule has 1 nitrogen and oxygen atoms in total. The van der Waals surface area contributed by atoms with Crippen molar-refractivity contribution in [3.8, 4) is 0 Å². The zero-order valence-electron chi connectivity index (χ0n) is 12.6. The SMILES string of the molecule is Cc1cccc(C2CC(NC(C)c3cccc(Cl)c3)C2)c1. The van der Waals surface area contributed by atoms with Gasteiger partial charge >= 0.3 is 0 Å². The average Bonchev–Trinajstić information content (AvgIpc) is 2.42. The fourth-order valence-electron chi connectivity index (χ4n) is 3.18. The molecule has 1 N–H and O–H groups in total. The molecule has 2 heteroatoms. The summed E-state index contributed by atoms with van der Waals surface area (Å²) in [6.45, 7) is 4.38. The lowest BCUT2D eigenvalue weighted by atomic mass is 9.75. The second-order valence-corrected chi connectivity index (χ2v) is 6.66. The predicted octanol–water partition coefficient (Wildman–Crippen LogP) is 5.25. The van der Waals surface area contributed by atoms with Gasteiger partial charge in [0.05, 0.1) is 0 Å². The Morgan fingerprint density at radius 3 is 2.57 bits per heavy atom. The van der Waals surface area contributed by atoms with Crippen LogP contribution in [0.5, 0.6) is 0 Å². The second kappa shape index (κ2) is 6.21. The molecule has 0 saturated heterocycles. The molecule has 1 fully saturated rings. The predicted molar refractivity (Wildman–Crippen MR) is 89.9 cm³/mol. The van der Waals surface area contributed by atoms with E-state index >= 15 is 0 Å². The molecule has 1 saturated carbocycles. The van der Waals surface area contributed by atoms with Crippen molar-refractivity contribution < 1.29 is 0 Å². The molecule has 0 aliphatic heterocycles. The molecular weight excluding hydrogens is 278 g/mol. The van der Waals surface area contributed by atoms with Crippen LogP contribution in [0.3, 0.4) is 0 Å². The van der Waals surface area contributed by atoms with Crippen molar-refractivity contribution in [3.05, 3.63) is 70.2 Å². The van der Waals surface area contributed by atoms with Crippen LogP contribution in [0.2, 0.25) is 5.02 Å². The molecule has 3 rings (SSSR count). The first-order valence-electron chi connectivity index (χ1n) is 7.70. The molecule has 0 amide bonds. The molecule has 0 aromatic heterocycles. The van der Waals surface area contributed by atoms with Crippen LogP contribution in [0.25, 0.3) is 0 Å². The highest BCUT2D eigenvalue weighted by molar-refractivity contribution is 6.30. The van der Waals surface area contributed by atoms with Crippen LogP contribution in [0.1, 0.15) is 48.4 Å². The van der Waals surface area contributed by atoms with Crippen LogP contribution in [0.15, 0.2) is 48.5 Å². The minimum absolute atomic E-state index is 0.354. The van der Waals surface area contributed by atoms with Crippen LogP contribution in [0.4, 0.5) is 0 Å². The van der Waals surface area contributed by atoms with E-state index in [2.05, 4.69) is 55.6 Å². The normalized spacial score (nSPS) is 22.6. The number of benzene rings is 2. The molecule has 2 aromatic rings. The molecule has 0 bridgehead atoms. The number of hydrogen-bond acceptors (Lipinski definition) is 1. The lowest BCUT2D eigenvalue weighted by Crippen LogP contribution is -2.41. The topological polar surface area (TPSA) is 12.0 Å². The van der Waals surface area contributed by atoms with Crippen LogP contribution < -0.4 is 5.32 Å². The van der Waals surface area contributed by atoms with E-state index in [-0.39, 0.29) is 0 Å². The molecule has 0 heterocycles. The standard InChI is InChI=1S/C19H22ClN/c1-13-5-3-7-16(9-13)17-11-19(12-17)21-14(2)15-6-4-8-18(20)10-15/h3-10,14,17,19,21H,11-12H2,1-2H3. The summed E-state index contributed by atoms with van der Waals surface area (Å²) in [5.74, 6) is 0.717. The van der Waals surface area contributed by atoms with Crippen molar-refractivity contribution in [2.75, 3.05) is 0 Å². The maximum Gasteiger partial charge on any atom is 0.0409 e. The van der Waals surface area contributed by atoms with E-state index in [1.807, 2.05) is 12.1 Å². The summed E-state index contributed by atoms with van der Waals surface area (Å²) < 4.78 is 0. The minimum atomic E-state index is 0.354. The first kappa shape index (κ1) is 14.6. The average molecular weight is 300 g/mol. The summed E-state index contributed by atoms with van der Waals surface area (Å²) in [6, 6.07) is 18.0. The van der Waals surface area contributed by atoms with Gasteiger partial charge < -0.3 is 5.32 Å². The molecule has 1 aliphatic rings. The van der Waals surface area contributed by atoms with Gasteiger partial charge in [-0.25, -0.2) is 0 Å². The van der Waals surface area contributed by atoms with Crippen molar-refractivity contribution in [2.45, 2.75) is 44.7 Å². The fourth-order valence-corrected chi connectivity index (χ4v) is 3.37. The van der Waals surface area contributed by atoms with Crippen molar-refractivity contribution in [1.82, 2.24) is 5.32 Å². The van der Waals surface area contributed by atoms with Gasteiger partial charge in [0.1, 0.15) is 0 Å². The van der Waals surface area contributed by atoms with Crippen molar-refractivity contribution in [3.63, 3.8) is 0 Å². The Labute approximate surface area is 132 Å². The highest BCUT2D eigenvalue weighted by atomic mass is 35.5. The largest absolute Gasteiger partial charge is 0.307 e. The van der Waals surface area contributed by atoms with Crippen LogP contribution in [-0.4, -0.2) is 6.04 Å². The first-order valence-corrected chi connectivity index (χ1v) is 8.07. The van der Waals surface area contributed by atoms with Crippen LogP contribution in [0, 0.1) is 6.92 Å². The van der Waals surface area contributed by atoms with E-state index in [0.29, 0.717) is 18.0 Å². The quantitative estimate of drug-likeness (QED) is 0.813. The molecular formula is C19H22ClN. The summed E-state index contributed by atoms with van der Waals surface area (Å²) in [7, 11) is 0. The maximum absolute atomic E-state index is 6.06. The minimum Gasteiger partial charge on any atom is -0.307 e. The maximum atomic E-state index is 6.06. The van der Waals surface area contributed by atoms with Gasteiger partial charge in [0.25, 0.3) is 0 Å². The van der Waals surface area contributed by atoms with Gasteiger partial charge in [0.15, 0.2) is 0 Å². The van der Waals surface area contributed by atoms with Gasteiger partial charge in [-0.1, -0.05) is 53.6 Å². The van der Waals surface area contributed by atoms with Gasteiger partial charge in [-0.05, 0) is 55.9 Å². The van der Waals surface area contributed by atoms with Crippen LogP contribution in [-0.2, 0) is 0 Å².